The van der Waals surface area contributed by atoms with Gasteiger partial charge in [-0.1, -0.05) is 0 Å². The van der Waals surface area contributed by atoms with E-state index in [1.54, 1.807) is 6.92 Å². The Morgan fingerprint density at radius 1 is 0.917 bits per heavy atom. The third-order valence-corrected chi connectivity index (χ3v) is 3.40. The molecule has 0 heterocycles. The summed E-state index contributed by atoms with van der Waals surface area (Å²) in [5.74, 6) is -3.37. The van der Waals surface area contributed by atoms with E-state index >= 15 is 0 Å². The summed E-state index contributed by atoms with van der Waals surface area (Å²) in [5.41, 5.74) is 0.587. The van der Waals surface area contributed by atoms with Gasteiger partial charge in [0.25, 0.3) is 0 Å². The van der Waals surface area contributed by atoms with E-state index in [2.05, 4.69) is 10.2 Å². The van der Waals surface area contributed by atoms with Gasteiger partial charge in [0.15, 0.2) is 0 Å². The standard InChI is InChI=1S/C16H14N2O6/c1-7-5-12(20)13(16(23)24)8(2)14(7)18-17-9-3-4-11(19)10(6-9)15(21)22/h3-6,19-20H,1-2H3,(H,21,22)(H,23,24). The zero-order valence-electron chi connectivity index (χ0n) is 12.8. The number of aromatic carboxylic acids is 2. The smallest absolute Gasteiger partial charge is 0.339 e. The van der Waals surface area contributed by atoms with Crippen LogP contribution >= 0.6 is 0 Å². The molecule has 0 spiro atoms. The third kappa shape index (κ3) is 3.17. The lowest BCUT2D eigenvalue weighted by Crippen LogP contribution is -2.01. The highest BCUT2D eigenvalue weighted by Gasteiger charge is 2.18. The Morgan fingerprint density at radius 3 is 2.17 bits per heavy atom. The predicted octanol–water partition coefficient (Wildman–Crippen LogP) is 3.53. The molecule has 0 bridgehead atoms. The second kappa shape index (κ2) is 6.37. The molecule has 8 nitrogen and oxygen atoms in total. The van der Waals surface area contributed by atoms with Gasteiger partial charge >= 0.3 is 11.9 Å². The first kappa shape index (κ1) is 16.9. The molecule has 0 aliphatic heterocycles. The largest absolute Gasteiger partial charge is 0.507 e. The van der Waals surface area contributed by atoms with E-state index in [1.807, 2.05) is 0 Å². The number of nitrogens with zero attached hydrogens (tertiary/aromatic N) is 2. The number of hydrogen-bond acceptors (Lipinski definition) is 6. The molecule has 0 atom stereocenters. The molecule has 0 saturated heterocycles. The molecule has 2 aromatic rings. The summed E-state index contributed by atoms with van der Waals surface area (Å²) in [7, 11) is 0. The van der Waals surface area contributed by atoms with Crippen LogP contribution in [0.15, 0.2) is 34.5 Å². The van der Waals surface area contributed by atoms with Crippen molar-refractivity contribution >= 4 is 23.3 Å². The topological polar surface area (TPSA) is 140 Å². The van der Waals surface area contributed by atoms with Crippen molar-refractivity contribution in [3.05, 3.63) is 46.5 Å². The van der Waals surface area contributed by atoms with Crippen LogP contribution in [0.2, 0.25) is 0 Å². The zero-order chi connectivity index (χ0) is 18.0. The number of phenols is 2. The molecule has 0 amide bonds. The van der Waals surface area contributed by atoms with Crippen molar-refractivity contribution in [2.24, 2.45) is 10.2 Å². The summed E-state index contributed by atoms with van der Waals surface area (Å²) in [4.78, 5) is 22.2. The number of hydrogen-bond donors (Lipinski definition) is 4. The van der Waals surface area contributed by atoms with Crippen LogP contribution in [0.3, 0.4) is 0 Å². The van der Waals surface area contributed by atoms with E-state index < -0.39 is 17.7 Å². The van der Waals surface area contributed by atoms with Crippen LogP contribution in [0, 0.1) is 13.8 Å². The molecule has 0 aromatic heterocycles. The van der Waals surface area contributed by atoms with Crippen LogP contribution < -0.4 is 0 Å². The van der Waals surface area contributed by atoms with Crippen LogP contribution in [0.25, 0.3) is 0 Å². The molecule has 0 unspecified atom stereocenters. The van der Waals surface area contributed by atoms with Crippen molar-refractivity contribution in [2.75, 3.05) is 0 Å². The number of aryl methyl sites for hydroxylation is 1. The minimum absolute atomic E-state index is 0.175. The first-order valence-electron chi connectivity index (χ1n) is 6.77. The van der Waals surface area contributed by atoms with E-state index in [-0.39, 0.29) is 33.8 Å². The number of benzene rings is 2. The summed E-state index contributed by atoms with van der Waals surface area (Å²) in [5, 5.41) is 45.2. The monoisotopic (exact) mass is 330 g/mol. The summed E-state index contributed by atoms with van der Waals surface area (Å²) in [6, 6.07) is 4.96. The maximum absolute atomic E-state index is 11.2. The van der Waals surface area contributed by atoms with Gasteiger partial charge in [0, 0.05) is 0 Å². The van der Waals surface area contributed by atoms with Crippen LogP contribution in [0.4, 0.5) is 11.4 Å². The Kier molecular flexibility index (Phi) is 4.50. The number of aromatic hydroxyl groups is 2. The van der Waals surface area contributed by atoms with Gasteiger partial charge < -0.3 is 20.4 Å². The lowest BCUT2D eigenvalue weighted by molar-refractivity contribution is 0.0682. The Balaban J connectivity index is 2.50. The van der Waals surface area contributed by atoms with Gasteiger partial charge in [0.05, 0.1) is 11.4 Å². The van der Waals surface area contributed by atoms with Gasteiger partial charge in [-0.2, -0.15) is 5.11 Å². The summed E-state index contributed by atoms with van der Waals surface area (Å²) < 4.78 is 0. The predicted molar refractivity (Wildman–Crippen MR) is 83.8 cm³/mol. The molecule has 0 fully saturated rings. The highest BCUT2D eigenvalue weighted by atomic mass is 16.4. The van der Waals surface area contributed by atoms with Crippen molar-refractivity contribution < 1.29 is 30.0 Å². The maximum Gasteiger partial charge on any atom is 0.339 e. The first-order valence-corrected chi connectivity index (χ1v) is 6.77. The quantitative estimate of drug-likeness (QED) is 0.632. The maximum atomic E-state index is 11.2. The minimum Gasteiger partial charge on any atom is -0.507 e. The number of carboxylic acid groups (broad SMARTS) is 2. The van der Waals surface area contributed by atoms with E-state index in [0.29, 0.717) is 5.56 Å². The van der Waals surface area contributed by atoms with Gasteiger partial charge in [-0.25, -0.2) is 9.59 Å². The van der Waals surface area contributed by atoms with Gasteiger partial charge in [0.2, 0.25) is 0 Å². The Labute approximate surface area is 136 Å². The molecule has 4 N–H and O–H groups in total. The van der Waals surface area contributed by atoms with Crippen LogP contribution in [0.5, 0.6) is 11.5 Å². The zero-order valence-corrected chi connectivity index (χ0v) is 12.8. The van der Waals surface area contributed by atoms with E-state index in [0.717, 1.165) is 6.07 Å². The summed E-state index contributed by atoms with van der Waals surface area (Å²) >= 11 is 0. The molecule has 8 heteroatoms. The summed E-state index contributed by atoms with van der Waals surface area (Å²) in [6.07, 6.45) is 0. The van der Waals surface area contributed by atoms with Gasteiger partial charge in [-0.3, -0.25) is 0 Å². The molecular formula is C16H14N2O6. The minimum atomic E-state index is -1.31. The molecule has 0 radical (unpaired) electrons. The van der Waals surface area contributed by atoms with Gasteiger partial charge in [-0.05, 0) is 49.2 Å². The molecule has 2 rings (SSSR count). The number of rotatable bonds is 4. The normalized spacial score (nSPS) is 10.9. The highest BCUT2D eigenvalue weighted by Crippen LogP contribution is 2.34. The fraction of sp³-hybridized carbons (Fsp3) is 0.125. The van der Waals surface area contributed by atoms with Crippen molar-refractivity contribution in [3.63, 3.8) is 0 Å². The van der Waals surface area contributed by atoms with Crippen LogP contribution in [-0.2, 0) is 0 Å². The molecular weight excluding hydrogens is 316 g/mol. The molecule has 0 saturated carbocycles. The van der Waals surface area contributed by atoms with E-state index in [1.165, 1.54) is 25.1 Å². The number of carbonyl (C=O) groups is 2. The second-order valence-corrected chi connectivity index (χ2v) is 5.07. The lowest BCUT2D eigenvalue weighted by atomic mass is 10.0. The Morgan fingerprint density at radius 2 is 1.58 bits per heavy atom. The van der Waals surface area contributed by atoms with Gasteiger partial charge in [-0.15, -0.1) is 5.11 Å². The van der Waals surface area contributed by atoms with Crippen LogP contribution in [-0.4, -0.2) is 32.4 Å². The Bertz CT molecular complexity index is 873. The first-order chi connectivity index (χ1) is 11.2. The van der Waals surface area contributed by atoms with Crippen molar-refractivity contribution in [1.82, 2.24) is 0 Å². The van der Waals surface area contributed by atoms with Gasteiger partial charge in [0.1, 0.15) is 22.6 Å². The SMILES string of the molecule is Cc1cc(O)c(C(=O)O)c(C)c1N=Nc1ccc(O)c(C(=O)O)c1. The number of azo groups is 1. The van der Waals surface area contributed by atoms with E-state index in [9.17, 15) is 19.8 Å². The third-order valence-electron chi connectivity index (χ3n) is 3.40. The average Bonchev–Trinajstić information content (AvgIpc) is 2.47. The molecule has 24 heavy (non-hydrogen) atoms. The molecule has 0 aliphatic rings. The Hall–Kier alpha value is -3.42. The highest BCUT2D eigenvalue weighted by molar-refractivity contribution is 5.94. The fourth-order valence-corrected chi connectivity index (χ4v) is 2.24. The number of carboxylic acids is 2. The fourth-order valence-electron chi connectivity index (χ4n) is 2.24. The van der Waals surface area contributed by atoms with Crippen LogP contribution in [0.1, 0.15) is 31.8 Å². The second-order valence-electron chi connectivity index (χ2n) is 5.07. The van der Waals surface area contributed by atoms with Crippen molar-refractivity contribution in [1.29, 1.82) is 0 Å². The van der Waals surface area contributed by atoms with E-state index in [4.69, 9.17) is 10.2 Å². The van der Waals surface area contributed by atoms with Crippen molar-refractivity contribution in [3.8, 4) is 11.5 Å². The average molecular weight is 330 g/mol. The molecule has 124 valence electrons. The molecule has 2 aromatic carbocycles. The van der Waals surface area contributed by atoms with Crippen molar-refractivity contribution in [2.45, 2.75) is 13.8 Å². The summed E-state index contributed by atoms with van der Waals surface area (Å²) in [6.45, 7) is 3.12. The lowest BCUT2D eigenvalue weighted by Gasteiger charge is -2.09. The molecule has 0 aliphatic carbocycles.